The molecule has 0 N–H and O–H groups in total. The zero-order valence-corrected chi connectivity index (χ0v) is 14.3. The highest BCUT2D eigenvalue weighted by atomic mass is 19.1. The Morgan fingerprint density at radius 1 is 1.19 bits per heavy atom. The van der Waals surface area contributed by atoms with Gasteiger partial charge in [-0.05, 0) is 37.1 Å². The number of ether oxygens (including phenoxy) is 1. The largest absolute Gasteiger partial charge is 0.493 e. The fraction of sp³-hybridized carbons (Fsp3) is 0.300. The number of rotatable bonds is 4. The van der Waals surface area contributed by atoms with Crippen molar-refractivity contribution in [1.29, 1.82) is 0 Å². The van der Waals surface area contributed by atoms with Crippen LogP contribution >= 0.6 is 0 Å². The molecule has 6 heteroatoms. The van der Waals surface area contributed by atoms with Crippen LogP contribution in [0.5, 0.6) is 5.75 Å². The fourth-order valence-electron chi connectivity index (χ4n) is 3.37. The van der Waals surface area contributed by atoms with Crippen LogP contribution in [-0.2, 0) is 0 Å². The highest BCUT2D eigenvalue weighted by Crippen LogP contribution is 2.21. The summed E-state index contributed by atoms with van der Waals surface area (Å²) in [5, 5.41) is 0. The number of pyridine rings is 1. The van der Waals surface area contributed by atoms with Crippen molar-refractivity contribution >= 4 is 11.6 Å². The number of carbonyl (C=O) groups excluding carboxylic acids is 1. The molecule has 0 aliphatic carbocycles. The molecule has 1 unspecified atom stereocenters. The van der Waals surface area contributed by atoms with Crippen molar-refractivity contribution in [3.8, 4) is 5.75 Å². The maximum atomic E-state index is 14.5. The van der Waals surface area contributed by atoms with E-state index in [1.807, 2.05) is 30.3 Å². The third-order valence-electron chi connectivity index (χ3n) is 4.71. The molecule has 134 valence electrons. The van der Waals surface area contributed by atoms with Gasteiger partial charge in [0.1, 0.15) is 11.4 Å². The Balaban J connectivity index is 1.45. The van der Waals surface area contributed by atoms with E-state index in [1.54, 1.807) is 29.3 Å². The van der Waals surface area contributed by atoms with E-state index in [1.165, 1.54) is 4.40 Å². The summed E-state index contributed by atoms with van der Waals surface area (Å²) in [5.74, 6) is 0.0965. The van der Waals surface area contributed by atoms with Crippen LogP contribution in [0.3, 0.4) is 0 Å². The van der Waals surface area contributed by atoms with E-state index in [0.29, 0.717) is 25.3 Å². The lowest BCUT2D eigenvalue weighted by Gasteiger charge is -2.32. The van der Waals surface area contributed by atoms with Crippen LogP contribution in [0.15, 0.2) is 54.7 Å². The number of likely N-dealkylation sites (tertiary alicyclic amines) is 1. The molecule has 0 spiro atoms. The summed E-state index contributed by atoms with van der Waals surface area (Å²) in [6.45, 7) is 1.72. The smallest absolute Gasteiger partial charge is 0.277 e. The lowest BCUT2D eigenvalue weighted by atomic mass is 9.98. The van der Waals surface area contributed by atoms with Crippen molar-refractivity contribution in [1.82, 2.24) is 14.3 Å². The molecule has 2 aromatic heterocycles. The van der Waals surface area contributed by atoms with Crippen molar-refractivity contribution < 1.29 is 13.9 Å². The van der Waals surface area contributed by atoms with Gasteiger partial charge in [0, 0.05) is 25.2 Å². The number of imidazole rings is 1. The Morgan fingerprint density at radius 2 is 2.00 bits per heavy atom. The first-order valence-corrected chi connectivity index (χ1v) is 8.82. The molecular formula is C20H20FN3O2. The quantitative estimate of drug-likeness (QED) is 0.722. The Bertz CT molecular complexity index is 910. The van der Waals surface area contributed by atoms with Crippen LogP contribution in [0.25, 0.3) is 5.65 Å². The first kappa shape index (κ1) is 16.6. The zero-order valence-electron chi connectivity index (χ0n) is 14.3. The van der Waals surface area contributed by atoms with Crippen LogP contribution in [0.2, 0.25) is 0 Å². The van der Waals surface area contributed by atoms with Crippen LogP contribution in [-0.4, -0.2) is 39.9 Å². The minimum atomic E-state index is -0.603. The minimum absolute atomic E-state index is 0.110. The van der Waals surface area contributed by atoms with Gasteiger partial charge in [-0.2, -0.15) is 4.39 Å². The summed E-state index contributed by atoms with van der Waals surface area (Å²) < 4.78 is 21.6. The molecule has 4 rings (SSSR count). The highest BCUT2D eigenvalue weighted by molar-refractivity contribution is 5.93. The summed E-state index contributed by atoms with van der Waals surface area (Å²) in [6.07, 6.45) is 3.44. The van der Waals surface area contributed by atoms with Gasteiger partial charge in [-0.15, -0.1) is 0 Å². The highest BCUT2D eigenvalue weighted by Gasteiger charge is 2.29. The van der Waals surface area contributed by atoms with Gasteiger partial charge >= 0.3 is 0 Å². The van der Waals surface area contributed by atoms with E-state index in [4.69, 9.17) is 4.74 Å². The Morgan fingerprint density at radius 3 is 2.81 bits per heavy atom. The molecule has 1 aliphatic heterocycles. The van der Waals surface area contributed by atoms with E-state index in [0.717, 1.165) is 18.6 Å². The number of hydrogen-bond donors (Lipinski definition) is 0. The maximum Gasteiger partial charge on any atom is 0.277 e. The van der Waals surface area contributed by atoms with E-state index in [9.17, 15) is 9.18 Å². The van der Waals surface area contributed by atoms with Crippen molar-refractivity contribution in [3.05, 3.63) is 66.4 Å². The molecule has 1 aromatic carbocycles. The Labute approximate surface area is 151 Å². The SMILES string of the molecule is O=C(c1nc2ccccn2c1F)N1CCCC(COc2ccccc2)C1. The monoisotopic (exact) mass is 353 g/mol. The van der Waals surface area contributed by atoms with Gasteiger partial charge in [0.05, 0.1) is 6.61 Å². The molecule has 1 saturated heterocycles. The number of halogens is 1. The molecule has 0 saturated carbocycles. The second-order valence-corrected chi connectivity index (χ2v) is 6.56. The molecule has 3 aromatic rings. The van der Waals surface area contributed by atoms with E-state index in [-0.39, 0.29) is 17.5 Å². The number of nitrogens with zero attached hydrogens (tertiary/aromatic N) is 3. The number of fused-ring (bicyclic) bond motifs is 1. The summed E-state index contributed by atoms with van der Waals surface area (Å²) in [4.78, 5) is 18.6. The molecule has 1 amide bonds. The average molecular weight is 353 g/mol. The van der Waals surface area contributed by atoms with Crippen molar-refractivity contribution in [2.24, 2.45) is 5.92 Å². The number of aromatic nitrogens is 2. The maximum absolute atomic E-state index is 14.5. The molecule has 1 aliphatic rings. The topological polar surface area (TPSA) is 46.8 Å². The lowest BCUT2D eigenvalue weighted by molar-refractivity contribution is 0.0623. The normalized spacial score (nSPS) is 17.4. The molecule has 0 radical (unpaired) electrons. The first-order valence-electron chi connectivity index (χ1n) is 8.82. The van der Waals surface area contributed by atoms with Crippen molar-refractivity contribution in [3.63, 3.8) is 0 Å². The van der Waals surface area contributed by atoms with Crippen molar-refractivity contribution in [2.75, 3.05) is 19.7 Å². The minimum Gasteiger partial charge on any atom is -0.493 e. The third kappa shape index (κ3) is 3.27. The number of benzene rings is 1. The predicted molar refractivity (Wildman–Crippen MR) is 95.7 cm³/mol. The Kier molecular flexibility index (Phi) is 4.56. The van der Waals surface area contributed by atoms with Crippen LogP contribution in [0.1, 0.15) is 23.3 Å². The molecular weight excluding hydrogens is 333 g/mol. The van der Waals surface area contributed by atoms with Gasteiger partial charge in [0.15, 0.2) is 5.69 Å². The molecule has 3 heterocycles. The zero-order chi connectivity index (χ0) is 17.9. The standard InChI is InChI=1S/C20H20FN3O2/c21-19-18(22-17-10-4-5-12-24(17)19)20(25)23-11-6-7-15(13-23)14-26-16-8-2-1-3-9-16/h1-5,8-10,12,15H,6-7,11,13-14H2. The number of para-hydroxylation sites is 1. The number of piperidine rings is 1. The first-order chi connectivity index (χ1) is 12.7. The van der Waals surface area contributed by atoms with Crippen LogP contribution in [0.4, 0.5) is 4.39 Å². The second-order valence-electron chi connectivity index (χ2n) is 6.56. The third-order valence-corrected chi connectivity index (χ3v) is 4.71. The van der Waals surface area contributed by atoms with Crippen LogP contribution < -0.4 is 4.74 Å². The van der Waals surface area contributed by atoms with Gasteiger partial charge < -0.3 is 9.64 Å². The van der Waals surface area contributed by atoms with E-state index < -0.39 is 5.95 Å². The lowest BCUT2D eigenvalue weighted by Crippen LogP contribution is -2.42. The molecule has 5 nitrogen and oxygen atoms in total. The van der Waals surface area contributed by atoms with E-state index in [2.05, 4.69) is 4.98 Å². The molecule has 26 heavy (non-hydrogen) atoms. The predicted octanol–water partition coefficient (Wildman–Crippen LogP) is 3.40. The molecule has 1 fully saturated rings. The van der Waals surface area contributed by atoms with Gasteiger partial charge in [-0.25, -0.2) is 4.98 Å². The number of amides is 1. The number of carbonyl (C=O) groups is 1. The van der Waals surface area contributed by atoms with E-state index >= 15 is 0 Å². The van der Waals surface area contributed by atoms with Gasteiger partial charge in [0.2, 0.25) is 5.95 Å². The molecule has 0 bridgehead atoms. The van der Waals surface area contributed by atoms with Crippen LogP contribution in [0, 0.1) is 11.9 Å². The van der Waals surface area contributed by atoms with Gasteiger partial charge in [-0.3, -0.25) is 9.20 Å². The summed E-state index contributed by atoms with van der Waals surface area (Å²) in [6, 6.07) is 14.8. The average Bonchev–Trinajstić information content (AvgIpc) is 3.04. The molecule has 1 atom stereocenters. The summed E-state index contributed by atoms with van der Waals surface area (Å²) >= 11 is 0. The Hall–Kier alpha value is -2.89. The summed E-state index contributed by atoms with van der Waals surface area (Å²) in [7, 11) is 0. The van der Waals surface area contributed by atoms with Gasteiger partial charge in [0.25, 0.3) is 5.91 Å². The number of hydrogen-bond acceptors (Lipinski definition) is 3. The summed E-state index contributed by atoms with van der Waals surface area (Å²) in [5.41, 5.74) is 0.329. The van der Waals surface area contributed by atoms with Crippen molar-refractivity contribution in [2.45, 2.75) is 12.8 Å². The fourth-order valence-corrected chi connectivity index (χ4v) is 3.37. The second kappa shape index (κ2) is 7.15. The van der Waals surface area contributed by atoms with Gasteiger partial charge in [-0.1, -0.05) is 24.3 Å².